The summed E-state index contributed by atoms with van der Waals surface area (Å²) in [4.78, 5) is 23.3. The second kappa shape index (κ2) is 6.53. The lowest BCUT2D eigenvalue weighted by atomic mass is 9.80. The fourth-order valence-electron chi connectivity index (χ4n) is 2.74. The zero-order chi connectivity index (χ0) is 13.0. The number of halogens is 1. The molecule has 3 unspecified atom stereocenters. The maximum atomic E-state index is 12.0. The molecule has 0 bridgehead atoms. The van der Waals surface area contributed by atoms with Gasteiger partial charge in [0.1, 0.15) is 6.61 Å². The Morgan fingerprint density at radius 2 is 1.83 bits per heavy atom. The lowest BCUT2D eigenvalue weighted by Crippen LogP contribution is -2.33. The second-order valence-corrected chi connectivity index (χ2v) is 5.44. The van der Waals surface area contributed by atoms with E-state index in [1.165, 1.54) is 0 Å². The molecule has 1 heterocycles. The van der Waals surface area contributed by atoms with E-state index in [4.69, 9.17) is 21.1 Å². The van der Waals surface area contributed by atoms with Gasteiger partial charge in [-0.15, -0.1) is 0 Å². The van der Waals surface area contributed by atoms with Gasteiger partial charge in [0, 0.05) is 12.5 Å². The summed E-state index contributed by atoms with van der Waals surface area (Å²) in [5.74, 6) is -1.01. The van der Waals surface area contributed by atoms with Crippen molar-refractivity contribution in [3.05, 3.63) is 0 Å². The van der Waals surface area contributed by atoms with E-state index >= 15 is 0 Å². The van der Waals surface area contributed by atoms with Crippen LogP contribution in [0, 0.1) is 11.8 Å². The Kier molecular flexibility index (Phi) is 5.01. The lowest BCUT2D eigenvalue weighted by molar-refractivity contribution is -0.156. The lowest BCUT2D eigenvalue weighted by Gasteiger charge is -2.27. The van der Waals surface area contributed by atoms with Gasteiger partial charge >= 0.3 is 5.97 Å². The summed E-state index contributed by atoms with van der Waals surface area (Å²) in [6, 6.07) is 0. The molecule has 0 amide bonds. The standard InChI is InChI=1S/C13H19ClO4/c14-12(15)10-5-1-2-6-11(10)13(16)18-8-9-4-3-7-17-9/h9-11H,1-8H2. The molecule has 5 heteroatoms. The van der Waals surface area contributed by atoms with Crippen molar-refractivity contribution >= 4 is 22.8 Å². The molecule has 0 aromatic rings. The highest BCUT2D eigenvalue weighted by Gasteiger charge is 2.36. The zero-order valence-electron chi connectivity index (χ0n) is 10.4. The Labute approximate surface area is 112 Å². The number of rotatable bonds is 4. The third kappa shape index (κ3) is 3.45. The number of carbonyl (C=O) groups is 2. The topological polar surface area (TPSA) is 52.6 Å². The fourth-order valence-corrected chi connectivity index (χ4v) is 3.00. The maximum absolute atomic E-state index is 12.0. The molecular formula is C13H19ClO4. The van der Waals surface area contributed by atoms with Crippen LogP contribution in [0.25, 0.3) is 0 Å². The third-order valence-electron chi connectivity index (χ3n) is 3.80. The average molecular weight is 275 g/mol. The summed E-state index contributed by atoms with van der Waals surface area (Å²) in [5, 5.41) is -0.409. The number of hydrogen-bond donors (Lipinski definition) is 0. The average Bonchev–Trinajstić information content (AvgIpc) is 2.89. The summed E-state index contributed by atoms with van der Waals surface area (Å²) in [5.41, 5.74) is 0. The maximum Gasteiger partial charge on any atom is 0.309 e. The second-order valence-electron chi connectivity index (χ2n) is 5.07. The molecule has 18 heavy (non-hydrogen) atoms. The van der Waals surface area contributed by atoms with Gasteiger partial charge in [-0.05, 0) is 37.3 Å². The number of carbonyl (C=O) groups excluding carboxylic acids is 2. The molecular weight excluding hydrogens is 256 g/mol. The van der Waals surface area contributed by atoms with Gasteiger partial charge in [0.15, 0.2) is 0 Å². The molecule has 2 fully saturated rings. The molecule has 0 aromatic heterocycles. The largest absolute Gasteiger partial charge is 0.463 e. The first-order valence-electron chi connectivity index (χ1n) is 6.66. The van der Waals surface area contributed by atoms with E-state index in [9.17, 15) is 9.59 Å². The third-order valence-corrected chi connectivity index (χ3v) is 4.08. The normalized spacial score (nSPS) is 32.2. The predicted octanol–water partition coefficient (Wildman–Crippen LogP) is 2.28. The summed E-state index contributed by atoms with van der Waals surface area (Å²) in [7, 11) is 0. The summed E-state index contributed by atoms with van der Waals surface area (Å²) in [6.45, 7) is 1.05. The number of esters is 1. The van der Waals surface area contributed by atoms with Crippen LogP contribution in [-0.4, -0.2) is 30.5 Å². The summed E-state index contributed by atoms with van der Waals surface area (Å²) >= 11 is 5.55. The first-order valence-corrected chi connectivity index (χ1v) is 7.04. The highest BCUT2D eigenvalue weighted by Crippen LogP contribution is 2.32. The quantitative estimate of drug-likeness (QED) is 0.583. The van der Waals surface area contributed by atoms with Crippen molar-refractivity contribution in [1.82, 2.24) is 0 Å². The Morgan fingerprint density at radius 3 is 2.44 bits per heavy atom. The minimum absolute atomic E-state index is 0.0303. The van der Waals surface area contributed by atoms with Crippen LogP contribution >= 0.6 is 11.6 Å². The molecule has 4 nitrogen and oxygen atoms in total. The van der Waals surface area contributed by atoms with Crippen molar-refractivity contribution in [3.63, 3.8) is 0 Å². The van der Waals surface area contributed by atoms with Crippen LogP contribution in [0.5, 0.6) is 0 Å². The van der Waals surface area contributed by atoms with Gasteiger partial charge in [-0.25, -0.2) is 0 Å². The number of ether oxygens (including phenoxy) is 2. The fraction of sp³-hybridized carbons (Fsp3) is 0.846. The minimum atomic E-state index is -0.409. The van der Waals surface area contributed by atoms with Crippen LogP contribution in [0.2, 0.25) is 0 Å². The van der Waals surface area contributed by atoms with Crippen molar-refractivity contribution in [2.24, 2.45) is 11.8 Å². The van der Waals surface area contributed by atoms with Crippen LogP contribution in [0.1, 0.15) is 38.5 Å². The summed E-state index contributed by atoms with van der Waals surface area (Å²) in [6.07, 6.45) is 5.31. The first kappa shape index (κ1) is 13.8. The molecule has 2 aliphatic rings. The van der Waals surface area contributed by atoms with Crippen LogP contribution in [0.3, 0.4) is 0 Å². The molecule has 3 atom stereocenters. The van der Waals surface area contributed by atoms with E-state index in [0.29, 0.717) is 19.4 Å². The molecule has 1 saturated heterocycles. The Balaban J connectivity index is 1.83. The van der Waals surface area contributed by atoms with Crippen molar-refractivity contribution < 1.29 is 19.1 Å². The SMILES string of the molecule is O=C(Cl)C1CCCCC1C(=O)OCC1CCCO1. The van der Waals surface area contributed by atoms with E-state index in [1.54, 1.807) is 0 Å². The number of hydrogen-bond acceptors (Lipinski definition) is 4. The van der Waals surface area contributed by atoms with Gasteiger partial charge in [-0.3, -0.25) is 9.59 Å². The highest BCUT2D eigenvalue weighted by molar-refractivity contribution is 6.64. The van der Waals surface area contributed by atoms with Gasteiger partial charge in [0.05, 0.1) is 12.0 Å². The van der Waals surface area contributed by atoms with E-state index in [-0.39, 0.29) is 23.9 Å². The van der Waals surface area contributed by atoms with Gasteiger partial charge in [-0.1, -0.05) is 12.8 Å². The van der Waals surface area contributed by atoms with Gasteiger partial charge in [0.25, 0.3) is 0 Å². The smallest absolute Gasteiger partial charge is 0.309 e. The van der Waals surface area contributed by atoms with Crippen molar-refractivity contribution in [1.29, 1.82) is 0 Å². The van der Waals surface area contributed by atoms with E-state index in [0.717, 1.165) is 32.3 Å². The highest BCUT2D eigenvalue weighted by atomic mass is 35.5. The zero-order valence-corrected chi connectivity index (χ0v) is 11.2. The molecule has 1 aliphatic heterocycles. The van der Waals surface area contributed by atoms with E-state index in [2.05, 4.69) is 0 Å². The van der Waals surface area contributed by atoms with Gasteiger partial charge < -0.3 is 9.47 Å². The molecule has 0 spiro atoms. The van der Waals surface area contributed by atoms with Gasteiger partial charge in [-0.2, -0.15) is 0 Å². The van der Waals surface area contributed by atoms with Crippen LogP contribution in [0.4, 0.5) is 0 Å². The summed E-state index contributed by atoms with van der Waals surface area (Å²) < 4.78 is 10.7. The predicted molar refractivity (Wildman–Crippen MR) is 66.2 cm³/mol. The Hall–Kier alpha value is -0.610. The minimum Gasteiger partial charge on any atom is -0.463 e. The Morgan fingerprint density at radius 1 is 1.11 bits per heavy atom. The van der Waals surface area contributed by atoms with Crippen LogP contribution in [-0.2, 0) is 19.1 Å². The molecule has 102 valence electrons. The molecule has 0 radical (unpaired) electrons. The molecule has 1 saturated carbocycles. The van der Waals surface area contributed by atoms with Gasteiger partial charge in [0.2, 0.25) is 5.24 Å². The van der Waals surface area contributed by atoms with E-state index < -0.39 is 5.24 Å². The van der Waals surface area contributed by atoms with Crippen molar-refractivity contribution in [3.8, 4) is 0 Å². The Bertz CT molecular complexity index is 312. The van der Waals surface area contributed by atoms with E-state index in [1.807, 2.05) is 0 Å². The monoisotopic (exact) mass is 274 g/mol. The van der Waals surface area contributed by atoms with Crippen LogP contribution in [0.15, 0.2) is 0 Å². The first-order chi connectivity index (χ1) is 8.68. The molecule has 0 N–H and O–H groups in total. The van der Waals surface area contributed by atoms with Crippen LogP contribution < -0.4 is 0 Å². The van der Waals surface area contributed by atoms with Crippen molar-refractivity contribution in [2.75, 3.05) is 13.2 Å². The molecule has 0 aromatic carbocycles. The van der Waals surface area contributed by atoms with Crippen molar-refractivity contribution in [2.45, 2.75) is 44.6 Å². The molecule has 1 aliphatic carbocycles. The molecule has 2 rings (SSSR count).